The number of hydrogen-bond acceptors (Lipinski definition) is 4. The smallest absolute Gasteiger partial charge is 0.317 e. The van der Waals surface area contributed by atoms with Gasteiger partial charge in [0, 0.05) is 25.8 Å². The Labute approximate surface area is 173 Å². The van der Waals surface area contributed by atoms with Crippen molar-refractivity contribution in [3.8, 4) is 5.75 Å². The lowest BCUT2D eigenvalue weighted by atomic mass is 10.1. The van der Waals surface area contributed by atoms with Crippen LogP contribution in [-0.2, 0) is 4.74 Å². The summed E-state index contributed by atoms with van der Waals surface area (Å²) in [7, 11) is 1.78. The number of ether oxygens (including phenoxy) is 2. The zero-order valence-electron chi connectivity index (χ0n) is 17.6. The number of carbonyl (C=O) groups excluding carboxylic acids is 1. The van der Waals surface area contributed by atoms with Crippen molar-refractivity contribution in [2.24, 2.45) is 0 Å². The minimum atomic E-state index is -0.109. The molecular weight excluding hydrogens is 366 g/mol. The maximum Gasteiger partial charge on any atom is 0.317 e. The monoisotopic (exact) mass is 397 g/mol. The van der Waals surface area contributed by atoms with Gasteiger partial charge in [-0.3, -0.25) is 0 Å². The number of aryl methyl sites for hydroxylation is 1. The van der Waals surface area contributed by atoms with Gasteiger partial charge < -0.3 is 24.6 Å². The number of hydrogen-bond donors (Lipinski definition) is 1. The Bertz CT molecular complexity index is 788. The van der Waals surface area contributed by atoms with Gasteiger partial charge in [-0.2, -0.15) is 0 Å². The third-order valence-electron chi connectivity index (χ3n) is 5.14. The van der Waals surface area contributed by atoms with Gasteiger partial charge in [0.15, 0.2) is 0 Å². The largest absolute Gasteiger partial charge is 0.492 e. The molecule has 0 spiro atoms. The van der Waals surface area contributed by atoms with Crippen LogP contribution < -0.4 is 15.0 Å². The van der Waals surface area contributed by atoms with E-state index >= 15 is 0 Å². The van der Waals surface area contributed by atoms with Crippen LogP contribution in [0.1, 0.15) is 24.1 Å². The summed E-state index contributed by atoms with van der Waals surface area (Å²) in [6.45, 7) is 8.38. The van der Waals surface area contributed by atoms with Gasteiger partial charge in [-0.1, -0.05) is 24.3 Å². The molecule has 2 aromatic rings. The minimum Gasteiger partial charge on any atom is -0.492 e. The summed E-state index contributed by atoms with van der Waals surface area (Å²) in [5.74, 6) is 0.826. The summed E-state index contributed by atoms with van der Waals surface area (Å²) in [5, 5.41) is 3.05. The number of rotatable bonds is 7. The molecule has 0 aliphatic carbocycles. The molecule has 1 heterocycles. The molecule has 2 amide bonds. The number of nitrogens with zero attached hydrogens (tertiary/aromatic N) is 2. The molecule has 1 saturated heterocycles. The van der Waals surface area contributed by atoms with Gasteiger partial charge in [-0.25, -0.2) is 4.79 Å². The molecule has 1 aliphatic heterocycles. The number of urea groups is 1. The van der Waals surface area contributed by atoms with E-state index in [1.165, 1.54) is 5.69 Å². The van der Waals surface area contributed by atoms with Crippen molar-refractivity contribution in [1.29, 1.82) is 0 Å². The lowest BCUT2D eigenvalue weighted by Gasteiger charge is -2.29. The first-order valence-corrected chi connectivity index (χ1v) is 10.2. The second-order valence-corrected chi connectivity index (χ2v) is 7.45. The minimum absolute atomic E-state index is 0.0682. The quantitative estimate of drug-likeness (QED) is 0.775. The van der Waals surface area contributed by atoms with Crippen molar-refractivity contribution >= 4 is 11.7 Å². The molecular formula is C23H31N3O3. The molecule has 0 aromatic heterocycles. The van der Waals surface area contributed by atoms with E-state index < -0.39 is 0 Å². The van der Waals surface area contributed by atoms with Gasteiger partial charge in [0.1, 0.15) is 12.4 Å². The van der Waals surface area contributed by atoms with E-state index in [-0.39, 0.29) is 12.1 Å². The zero-order chi connectivity index (χ0) is 20.6. The number of carbonyl (C=O) groups is 1. The van der Waals surface area contributed by atoms with Gasteiger partial charge >= 0.3 is 6.03 Å². The van der Waals surface area contributed by atoms with E-state index in [0.717, 1.165) is 43.2 Å². The summed E-state index contributed by atoms with van der Waals surface area (Å²) in [4.78, 5) is 16.4. The lowest BCUT2D eigenvalue weighted by Crippen LogP contribution is -2.40. The highest BCUT2D eigenvalue weighted by Crippen LogP contribution is 2.20. The summed E-state index contributed by atoms with van der Waals surface area (Å²) >= 11 is 0. The Hall–Kier alpha value is -2.73. The molecule has 0 bridgehead atoms. The van der Waals surface area contributed by atoms with Gasteiger partial charge in [-0.15, -0.1) is 0 Å². The fraction of sp³-hybridized carbons (Fsp3) is 0.435. The average molecular weight is 398 g/mol. The Kier molecular flexibility index (Phi) is 7.36. The Morgan fingerprint density at radius 3 is 2.62 bits per heavy atom. The summed E-state index contributed by atoms with van der Waals surface area (Å²) in [5.41, 5.74) is 3.43. The normalized spacial score (nSPS) is 14.9. The fourth-order valence-electron chi connectivity index (χ4n) is 3.28. The van der Waals surface area contributed by atoms with Gasteiger partial charge in [0.2, 0.25) is 0 Å². The predicted octanol–water partition coefficient (Wildman–Crippen LogP) is 3.61. The van der Waals surface area contributed by atoms with Crippen LogP contribution in [0.5, 0.6) is 5.75 Å². The van der Waals surface area contributed by atoms with Gasteiger partial charge in [-0.05, 0) is 49.2 Å². The van der Waals surface area contributed by atoms with Crippen molar-refractivity contribution in [3.05, 3.63) is 59.7 Å². The van der Waals surface area contributed by atoms with Crippen LogP contribution in [0.15, 0.2) is 48.5 Å². The summed E-state index contributed by atoms with van der Waals surface area (Å²) in [6, 6.07) is 16.1. The van der Waals surface area contributed by atoms with Crippen LogP contribution in [0.3, 0.4) is 0 Å². The number of likely N-dealkylation sites (N-methyl/N-ethyl adjacent to an activating group) is 1. The maximum atomic E-state index is 12.5. The summed E-state index contributed by atoms with van der Waals surface area (Å²) < 4.78 is 11.1. The molecule has 6 nitrogen and oxygen atoms in total. The second kappa shape index (κ2) is 10.2. The highest BCUT2D eigenvalue weighted by Gasteiger charge is 2.15. The number of anilines is 1. The number of nitrogens with one attached hydrogen (secondary N) is 1. The first-order valence-electron chi connectivity index (χ1n) is 10.2. The number of morpholine rings is 1. The van der Waals surface area contributed by atoms with Gasteiger partial charge in [0.25, 0.3) is 0 Å². The molecule has 3 rings (SSSR count). The lowest BCUT2D eigenvalue weighted by molar-refractivity contribution is 0.122. The predicted molar refractivity (Wildman–Crippen MR) is 116 cm³/mol. The van der Waals surface area contributed by atoms with Gasteiger partial charge in [0.05, 0.1) is 25.8 Å². The third kappa shape index (κ3) is 6.12. The topological polar surface area (TPSA) is 54.0 Å². The van der Waals surface area contributed by atoms with Crippen LogP contribution in [-0.4, -0.2) is 57.4 Å². The SMILES string of the molecule is Cc1cccc(OCCN(C)C(=O)NC(C)c2ccc(N3CCOCC3)cc2)c1. The fourth-order valence-corrected chi connectivity index (χ4v) is 3.28. The van der Waals surface area contributed by atoms with Crippen LogP contribution in [0.4, 0.5) is 10.5 Å². The van der Waals surface area contributed by atoms with Crippen LogP contribution >= 0.6 is 0 Å². The molecule has 156 valence electrons. The second-order valence-electron chi connectivity index (χ2n) is 7.45. The third-order valence-corrected chi connectivity index (χ3v) is 5.14. The Balaban J connectivity index is 1.45. The van der Waals surface area contributed by atoms with E-state index in [1.54, 1.807) is 11.9 Å². The number of amides is 2. The molecule has 0 radical (unpaired) electrons. The molecule has 1 atom stereocenters. The van der Waals surface area contributed by atoms with Crippen molar-refractivity contribution in [2.45, 2.75) is 19.9 Å². The van der Waals surface area contributed by atoms with Crippen molar-refractivity contribution < 1.29 is 14.3 Å². The average Bonchev–Trinajstić information content (AvgIpc) is 2.74. The molecule has 1 fully saturated rings. The van der Waals surface area contributed by atoms with E-state index in [0.29, 0.717) is 13.2 Å². The standard InChI is InChI=1S/C23H31N3O3/c1-18-5-4-6-22(17-18)29-16-11-25(3)23(27)24-19(2)20-7-9-21(10-8-20)26-12-14-28-15-13-26/h4-10,17,19H,11-16H2,1-3H3,(H,24,27). The van der Waals surface area contributed by atoms with E-state index in [2.05, 4.69) is 34.5 Å². The number of benzene rings is 2. The molecule has 29 heavy (non-hydrogen) atoms. The molecule has 2 aromatic carbocycles. The molecule has 6 heteroatoms. The zero-order valence-corrected chi connectivity index (χ0v) is 17.6. The van der Waals surface area contributed by atoms with E-state index in [9.17, 15) is 4.79 Å². The first-order chi connectivity index (χ1) is 14.0. The molecule has 0 saturated carbocycles. The van der Waals surface area contributed by atoms with Crippen LogP contribution in [0.25, 0.3) is 0 Å². The highest BCUT2D eigenvalue weighted by atomic mass is 16.5. The van der Waals surface area contributed by atoms with Crippen LogP contribution in [0, 0.1) is 6.92 Å². The first kappa shape index (κ1) is 21.0. The highest BCUT2D eigenvalue weighted by molar-refractivity contribution is 5.74. The van der Waals surface area contributed by atoms with E-state index in [1.807, 2.05) is 38.1 Å². The Morgan fingerprint density at radius 1 is 1.21 bits per heavy atom. The maximum absolute atomic E-state index is 12.5. The van der Waals surface area contributed by atoms with Crippen LogP contribution in [0.2, 0.25) is 0 Å². The molecule has 1 N–H and O–H groups in total. The van der Waals surface area contributed by atoms with Crippen molar-refractivity contribution in [3.63, 3.8) is 0 Å². The van der Waals surface area contributed by atoms with E-state index in [4.69, 9.17) is 9.47 Å². The Morgan fingerprint density at radius 2 is 1.93 bits per heavy atom. The molecule has 1 unspecified atom stereocenters. The van der Waals surface area contributed by atoms with Crippen molar-refractivity contribution in [2.75, 3.05) is 51.4 Å². The molecule has 1 aliphatic rings. The summed E-state index contributed by atoms with van der Waals surface area (Å²) in [6.07, 6.45) is 0. The van der Waals surface area contributed by atoms with Crippen molar-refractivity contribution in [1.82, 2.24) is 10.2 Å².